The number of carbonyl (C=O) groups excluding carboxylic acids is 1. The number of aromatic nitrogens is 2. The Morgan fingerprint density at radius 2 is 2.00 bits per heavy atom. The maximum absolute atomic E-state index is 14.5. The van der Waals surface area contributed by atoms with Crippen molar-refractivity contribution in [2.75, 3.05) is 24.3 Å². The fraction of sp³-hybridized carbons (Fsp3) is 0.346. The number of nitrogens with zero attached hydrogens (tertiary/aromatic N) is 2. The number of anilines is 1. The number of carbonyl (C=O) groups is 1. The number of hydrogen-bond acceptors (Lipinski definition) is 5. The minimum absolute atomic E-state index is 0.00550. The first kappa shape index (κ1) is 23.4. The highest BCUT2D eigenvalue weighted by molar-refractivity contribution is 6.18. The molecular formula is C26H26ClFN4O3. The molecule has 0 saturated heterocycles. The third kappa shape index (κ3) is 4.89. The lowest BCUT2D eigenvalue weighted by Gasteiger charge is -2.22. The number of hydrogen-bond donors (Lipinski definition) is 2. The van der Waals surface area contributed by atoms with Crippen molar-refractivity contribution in [1.82, 2.24) is 14.9 Å². The lowest BCUT2D eigenvalue weighted by Crippen LogP contribution is -2.30. The Kier molecular flexibility index (Phi) is 6.47. The number of amides is 1. The molecule has 2 unspecified atom stereocenters. The molecule has 0 bridgehead atoms. The van der Waals surface area contributed by atoms with Gasteiger partial charge in [0.1, 0.15) is 6.61 Å². The van der Waals surface area contributed by atoms with Gasteiger partial charge in [-0.1, -0.05) is 30.3 Å². The van der Waals surface area contributed by atoms with Crippen LogP contribution in [0.2, 0.25) is 0 Å². The number of benzene rings is 2. The van der Waals surface area contributed by atoms with E-state index in [4.69, 9.17) is 16.3 Å². The molecule has 2 fully saturated rings. The fourth-order valence-corrected chi connectivity index (χ4v) is 4.54. The van der Waals surface area contributed by atoms with Gasteiger partial charge in [-0.25, -0.2) is 9.37 Å². The van der Waals surface area contributed by atoms with Crippen LogP contribution in [0.3, 0.4) is 0 Å². The first-order chi connectivity index (χ1) is 17.0. The van der Waals surface area contributed by atoms with Crippen LogP contribution >= 0.6 is 11.6 Å². The normalized spacial score (nSPS) is 19.6. The summed E-state index contributed by atoms with van der Waals surface area (Å²) in [5.41, 5.74) is 0.424. The zero-order chi connectivity index (χ0) is 24.4. The number of para-hydroxylation sites is 1. The van der Waals surface area contributed by atoms with Gasteiger partial charge in [-0.15, -0.1) is 11.6 Å². The van der Waals surface area contributed by atoms with E-state index in [0.717, 1.165) is 19.3 Å². The van der Waals surface area contributed by atoms with Crippen molar-refractivity contribution in [3.8, 4) is 5.75 Å². The molecule has 1 heterocycles. The van der Waals surface area contributed by atoms with E-state index < -0.39 is 11.4 Å². The summed E-state index contributed by atoms with van der Waals surface area (Å²) >= 11 is 5.73. The smallest absolute Gasteiger partial charge is 0.293 e. The second-order valence-corrected chi connectivity index (χ2v) is 9.37. The average molecular weight is 497 g/mol. The molecule has 0 aliphatic heterocycles. The van der Waals surface area contributed by atoms with Crippen LogP contribution in [0, 0.1) is 11.7 Å². The van der Waals surface area contributed by atoms with Crippen LogP contribution in [0.1, 0.15) is 41.2 Å². The van der Waals surface area contributed by atoms with Crippen molar-refractivity contribution in [3.63, 3.8) is 0 Å². The third-order valence-corrected chi connectivity index (χ3v) is 6.74. The Morgan fingerprint density at radius 1 is 1.20 bits per heavy atom. The monoisotopic (exact) mass is 496 g/mol. The summed E-state index contributed by atoms with van der Waals surface area (Å²) in [6, 6.07) is 13.8. The lowest BCUT2D eigenvalue weighted by atomic mass is 10.0. The van der Waals surface area contributed by atoms with E-state index in [9.17, 15) is 14.0 Å². The average Bonchev–Trinajstić information content (AvgIpc) is 3.80. The molecule has 2 N–H and O–H groups in total. The summed E-state index contributed by atoms with van der Waals surface area (Å²) in [5, 5.41) is 6.22. The second-order valence-electron chi connectivity index (χ2n) is 8.99. The largest absolute Gasteiger partial charge is 0.489 e. The van der Waals surface area contributed by atoms with Crippen LogP contribution in [0.25, 0.3) is 0 Å². The van der Waals surface area contributed by atoms with Gasteiger partial charge in [0.2, 0.25) is 0 Å². The van der Waals surface area contributed by atoms with E-state index in [2.05, 4.69) is 15.6 Å². The summed E-state index contributed by atoms with van der Waals surface area (Å²) in [7, 11) is 0. The molecule has 2 aromatic carbocycles. The Labute approximate surface area is 207 Å². The lowest BCUT2D eigenvalue weighted by molar-refractivity contribution is 0.0951. The number of alkyl halides is 1. The first-order valence-corrected chi connectivity index (χ1v) is 12.2. The Bertz CT molecular complexity index is 1280. The van der Waals surface area contributed by atoms with Crippen molar-refractivity contribution in [2.45, 2.75) is 30.8 Å². The van der Waals surface area contributed by atoms with Gasteiger partial charge in [0.15, 0.2) is 17.4 Å². The van der Waals surface area contributed by atoms with Gasteiger partial charge in [0.05, 0.1) is 11.4 Å². The van der Waals surface area contributed by atoms with Gasteiger partial charge in [-0.3, -0.25) is 9.59 Å². The standard InChI is InChI=1S/C26H26ClFN4O3/c27-11-14-35-22-19(7-4-8-20(22)28)26(9-10-26)31-23-25(34)32(13-12-29-23)21-15-18(21)16-30-24(33)17-5-2-1-3-6-17/h1-8,12-13,18,21H,9-11,14-16H2,(H,29,31)(H,30,33). The fourth-order valence-electron chi connectivity index (χ4n) is 4.47. The predicted octanol–water partition coefficient (Wildman–Crippen LogP) is 4.09. The molecule has 182 valence electrons. The van der Waals surface area contributed by atoms with E-state index in [1.165, 1.54) is 6.07 Å². The summed E-state index contributed by atoms with van der Waals surface area (Å²) in [6.07, 6.45) is 5.51. The van der Waals surface area contributed by atoms with Crippen molar-refractivity contribution >= 4 is 23.3 Å². The quantitative estimate of drug-likeness (QED) is 0.413. The SMILES string of the molecule is O=C(NCC1CC1n1ccnc(NC2(c3cccc(F)c3OCCCl)CC2)c1=O)c1ccccc1. The molecular weight excluding hydrogens is 471 g/mol. The Hall–Kier alpha value is -3.39. The third-order valence-electron chi connectivity index (χ3n) is 6.59. The Morgan fingerprint density at radius 3 is 2.74 bits per heavy atom. The number of ether oxygens (including phenoxy) is 1. The summed E-state index contributed by atoms with van der Waals surface area (Å²) in [6.45, 7) is 0.677. The van der Waals surface area contributed by atoms with E-state index in [1.807, 2.05) is 18.2 Å². The molecule has 2 aliphatic carbocycles. The maximum atomic E-state index is 14.5. The highest BCUT2D eigenvalue weighted by Crippen LogP contribution is 2.51. The number of nitrogens with one attached hydrogen (secondary N) is 2. The van der Waals surface area contributed by atoms with Crippen LogP contribution in [0.15, 0.2) is 65.7 Å². The van der Waals surface area contributed by atoms with Crippen molar-refractivity contribution in [1.29, 1.82) is 0 Å². The van der Waals surface area contributed by atoms with Crippen LogP contribution < -0.4 is 20.9 Å². The van der Waals surface area contributed by atoms with Gasteiger partial charge in [-0.2, -0.15) is 0 Å². The molecule has 0 radical (unpaired) electrons. The molecule has 2 saturated carbocycles. The molecule has 3 aromatic rings. The minimum atomic E-state index is -0.609. The van der Waals surface area contributed by atoms with E-state index >= 15 is 0 Å². The van der Waals surface area contributed by atoms with Crippen LogP contribution in [0.5, 0.6) is 5.75 Å². The molecule has 1 amide bonds. The van der Waals surface area contributed by atoms with E-state index in [1.54, 1.807) is 41.2 Å². The van der Waals surface area contributed by atoms with Crippen molar-refractivity contribution in [3.05, 3.63) is 88.2 Å². The van der Waals surface area contributed by atoms with Crippen molar-refractivity contribution in [2.24, 2.45) is 5.92 Å². The van der Waals surface area contributed by atoms with Gasteiger partial charge in [-0.05, 0) is 43.4 Å². The van der Waals surface area contributed by atoms with E-state index in [0.29, 0.717) is 17.7 Å². The zero-order valence-corrected chi connectivity index (χ0v) is 19.8. The highest BCUT2D eigenvalue weighted by Gasteiger charge is 2.48. The van der Waals surface area contributed by atoms with Crippen molar-refractivity contribution < 1.29 is 13.9 Å². The predicted molar refractivity (Wildman–Crippen MR) is 132 cm³/mol. The van der Waals surface area contributed by atoms with Gasteiger partial charge in [0, 0.05) is 36.1 Å². The molecule has 35 heavy (non-hydrogen) atoms. The molecule has 0 spiro atoms. The first-order valence-electron chi connectivity index (χ1n) is 11.7. The minimum Gasteiger partial charge on any atom is -0.489 e. The van der Waals surface area contributed by atoms with Crippen LogP contribution in [0.4, 0.5) is 10.2 Å². The van der Waals surface area contributed by atoms with E-state index in [-0.39, 0.29) is 47.5 Å². The van der Waals surface area contributed by atoms with Crippen LogP contribution in [-0.4, -0.2) is 34.5 Å². The molecule has 5 rings (SSSR count). The van der Waals surface area contributed by atoms with Gasteiger partial charge < -0.3 is 19.9 Å². The summed E-state index contributed by atoms with van der Waals surface area (Å²) in [4.78, 5) is 29.8. The van der Waals surface area contributed by atoms with Gasteiger partial charge >= 0.3 is 0 Å². The topological polar surface area (TPSA) is 85.2 Å². The summed E-state index contributed by atoms with van der Waals surface area (Å²) in [5.74, 6) is 0.204. The van der Waals surface area contributed by atoms with Crippen LogP contribution in [-0.2, 0) is 5.54 Å². The second kappa shape index (κ2) is 9.70. The maximum Gasteiger partial charge on any atom is 0.293 e. The summed E-state index contributed by atoms with van der Waals surface area (Å²) < 4.78 is 21.8. The molecule has 1 aromatic heterocycles. The molecule has 2 aliphatic rings. The molecule has 7 nitrogen and oxygen atoms in total. The molecule has 9 heteroatoms. The molecule has 2 atom stereocenters. The van der Waals surface area contributed by atoms with Gasteiger partial charge in [0.25, 0.3) is 11.5 Å². The highest BCUT2D eigenvalue weighted by atomic mass is 35.5. The Balaban J connectivity index is 1.28. The number of halogens is 2. The zero-order valence-electron chi connectivity index (χ0n) is 19.0. The number of rotatable bonds is 10.